The number of nitriles is 1. The van der Waals surface area contributed by atoms with Crippen LogP contribution in [0.4, 0.5) is 18.9 Å². The Morgan fingerprint density at radius 1 is 1.27 bits per heavy atom. The molecule has 7 nitrogen and oxygen atoms in total. The lowest BCUT2D eigenvalue weighted by Gasteiger charge is -2.43. The van der Waals surface area contributed by atoms with Gasteiger partial charge in [0.25, 0.3) is 11.5 Å². The SMILES string of the molecule is N#Cc1ccc(N2CCC3(CC2)CN(C(=O)c2ccc[nH]c2=O)CC3CO)cc1C(F)(F)F. The van der Waals surface area contributed by atoms with Gasteiger partial charge in [0.15, 0.2) is 0 Å². The van der Waals surface area contributed by atoms with E-state index in [1.807, 2.05) is 4.90 Å². The van der Waals surface area contributed by atoms with Crippen molar-refractivity contribution in [1.82, 2.24) is 9.88 Å². The van der Waals surface area contributed by atoms with Crippen molar-refractivity contribution in [1.29, 1.82) is 5.26 Å². The molecule has 2 aliphatic heterocycles. The van der Waals surface area contributed by atoms with Gasteiger partial charge in [0.1, 0.15) is 5.56 Å². The van der Waals surface area contributed by atoms with Gasteiger partial charge < -0.3 is 19.9 Å². The van der Waals surface area contributed by atoms with Gasteiger partial charge in [0.05, 0.1) is 17.2 Å². The summed E-state index contributed by atoms with van der Waals surface area (Å²) >= 11 is 0. The van der Waals surface area contributed by atoms with Crippen molar-refractivity contribution in [3.8, 4) is 6.07 Å². The van der Waals surface area contributed by atoms with Gasteiger partial charge in [0.2, 0.25) is 0 Å². The van der Waals surface area contributed by atoms with E-state index in [-0.39, 0.29) is 23.5 Å². The Balaban J connectivity index is 1.51. The third kappa shape index (κ3) is 4.20. The van der Waals surface area contributed by atoms with Gasteiger partial charge in [-0.3, -0.25) is 9.59 Å². The average Bonchev–Trinajstić information content (AvgIpc) is 3.16. The summed E-state index contributed by atoms with van der Waals surface area (Å²) in [5.74, 6) is -0.574. The van der Waals surface area contributed by atoms with Crippen molar-refractivity contribution < 1.29 is 23.1 Å². The third-order valence-corrected chi connectivity index (χ3v) is 6.92. The molecule has 2 fully saturated rings. The summed E-state index contributed by atoms with van der Waals surface area (Å²) < 4.78 is 40.0. The quantitative estimate of drug-likeness (QED) is 0.734. The van der Waals surface area contributed by atoms with Crippen LogP contribution in [-0.2, 0) is 6.18 Å². The van der Waals surface area contributed by atoms with Crippen LogP contribution in [0.25, 0.3) is 0 Å². The van der Waals surface area contributed by atoms with Crippen molar-refractivity contribution in [2.75, 3.05) is 37.7 Å². The number of amides is 1. The van der Waals surface area contributed by atoms with Crippen LogP contribution in [0.1, 0.15) is 34.3 Å². The van der Waals surface area contributed by atoms with Crippen molar-refractivity contribution in [3.05, 3.63) is 63.6 Å². The summed E-state index contributed by atoms with van der Waals surface area (Å²) in [4.78, 5) is 30.8. The van der Waals surface area contributed by atoms with Crippen LogP contribution in [0, 0.1) is 22.7 Å². The molecule has 1 aromatic carbocycles. The first-order valence-electron chi connectivity index (χ1n) is 10.6. The zero-order valence-corrected chi connectivity index (χ0v) is 17.7. The number of hydrogen-bond donors (Lipinski definition) is 2. The zero-order chi connectivity index (χ0) is 23.8. The fraction of sp³-hybridized carbons (Fsp3) is 0.435. The van der Waals surface area contributed by atoms with Gasteiger partial charge in [-0.1, -0.05) is 0 Å². The predicted octanol–water partition coefficient (Wildman–Crippen LogP) is 2.62. The number of nitrogens with one attached hydrogen (secondary N) is 1. The molecule has 2 saturated heterocycles. The molecule has 1 aromatic heterocycles. The number of nitrogens with zero attached hydrogens (tertiary/aromatic N) is 3. The molecule has 4 rings (SSSR count). The number of aliphatic hydroxyl groups is 1. The van der Waals surface area contributed by atoms with Crippen molar-refractivity contribution >= 4 is 11.6 Å². The molecular formula is C23H23F3N4O3. The number of anilines is 1. The number of benzene rings is 1. The first kappa shape index (κ1) is 22.9. The molecule has 10 heteroatoms. The Morgan fingerprint density at radius 2 is 2.00 bits per heavy atom. The zero-order valence-electron chi connectivity index (χ0n) is 17.7. The van der Waals surface area contributed by atoms with Crippen LogP contribution in [-0.4, -0.2) is 53.7 Å². The minimum atomic E-state index is -4.62. The van der Waals surface area contributed by atoms with E-state index < -0.39 is 28.8 Å². The number of carbonyl (C=O) groups excluding carboxylic acids is 1. The molecule has 0 aliphatic carbocycles. The summed E-state index contributed by atoms with van der Waals surface area (Å²) in [6.45, 7) is 1.48. The van der Waals surface area contributed by atoms with E-state index in [1.165, 1.54) is 24.4 Å². The molecule has 0 saturated carbocycles. The van der Waals surface area contributed by atoms with Crippen molar-refractivity contribution in [2.24, 2.45) is 11.3 Å². The Kier molecular flexibility index (Phi) is 5.93. The second-order valence-corrected chi connectivity index (χ2v) is 8.67. The molecule has 0 bridgehead atoms. The van der Waals surface area contributed by atoms with Gasteiger partial charge in [0, 0.05) is 50.6 Å². The summed E-state index contributed by atoms with van der Waals surface area (Å²) in [6, 6.07) is 8.34. The summed E-state index contributed by atoms with van der Waals surface area (Å²) in [5.41, 5.74) is -1.79. The highest BCUT2D eigenvalue weighted by Gasteiger charge is 2.49. The van der Waals surface area contributed by atoms with Crippen LogP contribution < -0.4 is 10.5 Å². The third-order valence-electron chi connectivity index (χ3n) is 6.92. The maximum Gasteiger partial charge on any atom is 0.417 e. The summed E-state index contributed by atoms with van der Waals surface area (Å²) in [6.07, 6.45) is -2.02. The Hall–Kier alpha value is -3.32. The fourth-order valence-electron chi connectivity index (χ4n) is 5.04. The number of halogens is 3. The van der Waals surface area contributed by atoms with E-state index in [9.17, 15) is 27.9 Å². The van der Waals surface area contributed by atoms with Crippen LogP contribution >= 0.6 is 0 Å². The van der Waals surface area contributed by atoms with Gasteiger partial charge in [-0.15, -0.1) is 0 Å². The molecule has 2 aliphatic rings. The van der Waals surface area contributed by atoms with E-state index in [4.69, 9.17) is 5.26 Å². The van der Waals surface area contributed by atoms with E-state index in [0.29, 0.717) is 44.7 Å². The number of piperidine rings is 1. The number of pyridine rings is 1. The van der Waals surface area contributed by atoms with Crippen molar-refractivity contribution in [3.63, 3.8) is 0 Å². The highest BCUT2D eigenvalue weighted by molar-refractivity contribution is 5.94. The van der Waals surface area contributed by atoms with E-state index in [2.05, 4.69) is 4.98 Å². The van der Waals surface area contributed by atoms with E-state index in [1.54, 1.807) is 17.0 Å². The van der Waals surface area contributed by atoms with E-state index >= 15 is 0 Å². The molecule has 174 valence electrons. The van der Waals surface area contributed by atoms with Gasteiger partial charge in [-0.05, 0) is 48.6 Å². The lowest BCUT2D eigenvalue weighted by molar-refractivity contribution is -0.137. The molecule has 1 amide bonds. The Morgan fingerprint density at radius 3 is 2.61 bits per heavy atom. The first-order valence-corrected chi connectivity index (χ1v) is 10.6. The smallest absolute Gasteiger partial charge is 0.396 e. The molecule has 2 N–H and O–H groups in total. The number of likely N-dealkylation sites (tertiary alicyclic amines) is 1. The number of carbonyl (C=O) groups is 1. The van der Waals surface area contributed by atoms with Crippen LogP contribution in [0.5, 0.6) is 0 Å². The van der Waals surface area contributed by atoms with E-state index in [0.717, 1.165) is 6.07 Å². The largest absolute Gasteiger partial charge is 0.417 e. The lowest BCUT2D eigenvalue weighted by Crippen LogP contribution is -2.45. The van der Waals surface area contributed by atoms with Crippen LogP contribution in [0.3, 0.4) is 0 Å². The topological polar surface area (TPSA) is 100 Å². The Bertz CT molecular complexity index is 1150. The molecule has 1 spiro atoms. The Labute approximate surface area is 188 Å². The number of aromatic nitrogens is 1. The van der Waals surface area contributed by atoms with Crippen molar-refractivity contribution in [2.45, 2.75) is 19.0 Å². The number of alkyl halides is 3. The second kappa shape index (κ2) is 8.56. The van der Waals surface area contributed by atoms with Crippen LogP contribution in [0.15, 0.2) is 41.3 Å². The maximum absolute atomic E-state index is 13.3. The normalized spacial score (nSPS) is 20.2. The van der Waals surface area contributed by atoms with Gasteiger partial charge in [-0.2, -0.15) is 18.4 Å². The monoisotopic (exact) mass is 460 g/mol. The number of aromatic amines is 1. The molecule has 3 heterocycles. The van der Waals surface area contributed by atoms with Gasteiger partial charge in [-0.25, -0.2) is 0 Å². The molecule has 0 radical (unpaired) electrons. The first-order chi connectivity index (χ1) is 15.7. The second-order valence-electron chi connectivity index (χ2n) is 8.67. The number of H-pyrrole nitrogens is 1. The predicted molar refractivity (Wildman–Crippen MR) is 114 cm³/mol. The van der Waals surface area contributed by atoms with Gasteiger partial charge >= 0.3 is 6.18 Å². The molecule has 2 aromatic rings. The molecule has 1 atom stereocenters. The highest BCUT2D eigenvalue weighted by atomic mass is 19.4. The maximum atomic E-state index is 13.3. The number of hydrogen-bond acceptors (Lipinski definition) is 5. The minimum Gasteiger partial charge on any atom is -0.396 e. The fourth-order valence-corrected chi connectivity index (χ4v) is 5.04. The standard InChI is InChI=1S/C23H23F3N4O3/c24-23(25,26)19-10-17(4-3-15(19)11-27)29-8-5-22(6-9-29)14-30(12-16(22)13-31)21(33)18-2-1-7-28-20(18)32/h1-4,7,10,16,31H,5-6,8-9,12-14H2,(H,28,32). The lowest BCUT2D eigenvalue weighted by atomic mass is 9.71. The number of aliphatic hydroxyl groups excluding tert-OH is 1. The summed E-state index contributed by atoms with van der Waals surface area (Å²) in [7, 11) is 0. The van der Waals surface area contributed by atoms with Crippen LogP contribution in [0.2, 0.25) is 0 Å². The summed E-state index contributed by atoms with van der Waals surface area (Å²) in [5, 5.41) is 19.0. The molecular weight excluding hydrogens is 437 g/mol. The molecule has 33 heavy (non-hydrogen) atoms. The molecule has 1 unspecified atom stereocenters. The number of rotatable bonds is 3. The highest BCUT2D eigenvalue weighted by Crippen LogP contribution is 2.46. The average molecular weight is 460 g/mol. The minimum absolute atomic E-state index is 0.0425.